The van der Waals surface area contributed by atoms with Gasteiger partial charge in [0.15, 0.2) is 0 Å². The molecule has 12 atom stereocenters. The molecule has 8 rings (SSSR count). The van der Waals surface area contributed by atoms with Crippen LogP contribution in [-0.4, -0.2) is 16.1 Å². The van der Waals surface area contributed by atoms with Gasteiger partial charge in [-0.1, -0.05) is 143 Å². The maximum Gasteiger partial charge on any atom is 4.00 e. The Morgan fingerprint density at radius 2 is 0.679 bits per heavy atom. The van der Waals surface area contributed by atoms with Crippen LogP contribution >= 0.6 is 0 Å². The van der Waals surface area contributed by atoms with Gasteiger partial charge in [0.25, 0.3) is 6.08 Å². The van der Waals surface area contributed by atoms with Crippen LogP contribution in [0, 0.1) is 129 Å². The molecular weight excluding hydrogens is 790 g/mol. The van der Waals surface area contributed by atoms with E-state index >= 15 is 0 Å². The van der Waals surface area contributed by atoms with E-state index in [0.717, 1.165) is 72.3 Å². The molecule has 6 heteroatoms. The molecule has 8 aliphatic rings. The van der Waals surface area contributed by atoms with Crippen molar-refractivity contribution in [2.24, 2.45) is 71.0 Å². The van der Waals surface area contributed by atoms with Crippen LogP contribution in [0.3, 0.4) is 0 Å². The molecule has 0 heterocycles. The van der Waals surface area contributed by atoms with Crippen molar-refractivity contribution in [2.45, 2.75) is 166 Å². The molecule has 0 bridgehead atoms. The quantitative estimate of drug-likeness (QED) is 0.147. The Balaban J connectivity index is 0. The fourth-order valence-corrected chi connectivity index (χ4v) is 18.3. The summed E-state index contributed by atoms with van der Waals surface area (Å²) in [5, 5.41) is 0. The van der Waals surface area contributed by atoms with Crippen LogP contribution in [-0.2, 0) is 43.4 Å². The van der Waals surface area contributed by atoms with Gasteiger partial charge < -0.3 is 57.7 Å². The fraction of sp³-hybridized carbons (Fsp3) is 0.760. The van der Waals surface area contributed by atoms with Gasteiger partial charge in [-0.15, -0.1) is 0 Å². The molecule has 0 radical (unpaired) electrons. The second-order valence-corrected chi connectivity index (χ2v) is 30.1. The number of fused-ring (bicyclic) bond motifs is 10. The van der Waals surface area contributed by atoms with Gasteiger partial charge in [-0.3, -0.25) is 0 Å². The molecule has 0 aromatic carbocycles. The molecule has 8 aliphatic carbocycles. The van der Waals surface area contributed by atoms with Crippen molar-refractivity contribution >= 4 is 16.1 Å². The van der Waals surface area contributed by atoms with Gasteiger partial charge in [0.2, 0.25) is 0 Å². The van der Waals surface area contributed by atoms with Crippen LogP contribution in [0.25, 0.3) is 0 Å². The summed E-state index contributed by atoms with van der Waals surface area (Å²) < 4.78 is 28.3. The largest absolute Gasteiger partial charge is 4.00 e. The molecule has 0 saturated heterocycles. The van der Waals surface area contributed by atoms with Crippen LogP contribution in [0.2, 0.25) is 37.3 Å². The van der Waals surface area contributed by atoms with E-state index in [-0.39, 0.29) is 99.8 Å². The molecule has 12 unspecified atom stereocenters. The van der Waals surface area contributed by atoms with Crippen molar-refractivity contribution in [3.63, 3.8) is 0 Å². The molecule has 8 saturated carbocycles. The molecule has 56 heavy (non-hydrogen) atoms. The predicted octanol–water partition coefficient (Wildman–Crippen LogP) is 16.6. The van der Waals surface area contributed by atoms with Gasteiger partial charge >= 0.3 is 43.4 Å². The van der Waals surface area contributed by atoms with Crippen molar-refractivity contribution in [3.05, 3.63) is 81.5 Å². The first-order valence-corrected chi connectivity index (χ1v) is 27.9. The maximum absolute atomic E-state index is 14.2. The van der Waals surface area contributed by atoms with Crippen LogP contribution in [0.1, 0.15) is 128 Å². The number of halogens is 2. The Morgan fingerprint density at radius 1 is 0.446 bits per heavy atom. The first-order valence-electron chi connectivity index (χ1n) is 21.3. The first kappa shape index (κ1) is 59.3. The molecule has 0 N–H and O–H groups in total. The molecule has 0 aliphatic heterocycles. The molecular formula is C50H90F2Si2Ti2. The van der Waals surface area contributed by atoms with Crippen molar-refractivity contribution in [1.82, 2.24) is 0 Å². The molecule has 320 valence electrons. The minimum atomic E-state index is -1.39. The smallest absolute Gasteiger partial charge is 0.358 e. The summed E-state index contributed by atoms with van der Waals surface area (Å²) >= 11 is 0. The zero-order valence-corrected chi connectivity index (χ0v) is 43.7. The third-order valence-corrected chi connectivity index (χ3v) is 22.3. The molecule has 0 spiro atoms. The third kappa shape index (κ3) is 11.8. The first-order chi connectivity index (χ1) is 22.8. The van der Waals surface area contributed by atoms with Crippen LogP contribution in [0.5, 0.6) is 0 Å². The van der Waals surface area contributed by atoms with Crippen LogP contribution in [0.15, 0.2) is 23.8 Å². The number of hydrogen-bond acceptors (Lipinski definition) is 0. The zero-order chi connectivity index (χ0) is 34.0. The summed E-state index contributed by atoms with van der Waals surface area (Å²) in [6.45, 7) is 23.9. The molecule has 8 fully saturated rings. The van der Waals surface area contributed by atoms with E-state index in [1.165, 1.54) is 103 Å². The summed E-state index contributed by atoms with van der Waals surface area (Å²) in [6.07, 6.45) is 25.5. The Kier molecular flexibility index (Phi) is 25.6. The second kappa shape index (κ2) is 24.2. The SMILES string of the molecule is C=C1C2CCCCC2C2CC([Si]([CH2-])(C)C)CC2C2CCCCC12.[CH2-][Si](C)(C)C1CC2C3CCCCC3C(=C(F)F)C3CCCCC3C2C1.[CH3-].[CH3-].[CH3-].[CH3-].[CH3-].[CH3-].[Ti+4].[Ti+4]. The van der Waals surface area contributed by atoms with E-state index in [1.807, 2.05) is 0 Å². The van der Waals surface area contributed by atoms with E-state index in [4.69, 9.17) is 6.58 Å². The van der Waals surface area contributed by atoms with Gasteiger partial charge in [-0.05, 0) is 122 Å². The summed E-state index contributed by atoms with van der Waals surface area (Å²) in [5.74, 6) is 8.74. The second-order valence-electron chi connectivity index (χ2n) is 20.5. The van der Waals surface area contributed by atoms with Crippen LogP contribution < -0.4 is 0 Å². The summed E-state index contributed by atoms with van der Waals surface area (Å²) in [5.41, 5.74) is 4.17. The number of hydrogen-bond donors (Lipinski definition) is 0. The number of allylic oxidation sites excluding steroid dienone is 2. The Bertz CT molecular complexity index is 1120. The molecule has 0 amide bonds. The Morgan fingerprint density at radius 3 is 0.929 bits per heavy atom. The van der Waals surface area contributed by atoms with Gasteiger partial charge in [-0.2, -0.15) is 8.78 Å². The average molecular weight is 881 g/mol. The minimum absolute atomic E-state index is 0. The Labute approximate surface area is 383 Å². The molecule has 0 aromatic heterocycles. The standard InChI is InChI=1S/C22H35F2Si.C22H37Si.6CH3.2Ti/c1-25(2,3)14-12-19-15-8-4-6-10-17(15)21(22(23)24)18-11-7-5-9-16(18)20(19)13-14;1-15-17-9-5-7-11-19(17)21-13-16(23(2,3)4)14-22(21)20-12-8-6-10-18(15)20;;;;;;;;/h14-20H,1,4-13H2,2-3H3;16-22H,1-2,5-14H2,3-4H3;6*1H3;;/q8*-1;2*+4. The fourth-order valence-electron chi connectivity index (χ4n) is 14.7. The average Bonchev–Trinajstić information content (AvgIpc) is 3.67. The van der Waals surface area contributed by atoms with Crippen molar-refractivity contribution < 1.29 is 52.2 Å². The summed E-state index contributed by atoms with van der Waals surface area (Å²) in [7, 11) is -2.62. The minimum Gasteiger partial charge on any atom is -0.358 e. The van der Waals surface area contributed by atoms with Crippen molar-refractivity contribution in [3.8, 4) is 0 Å². The van der Waals surface area contributed by atoms with E-state index in [9.17, 15) is 8.78 Å². The van der Waals surface area contributed by atoms with E-state index in [2.05, 4.69) is 39.3 Å². The third-order valence-electron chi connectivity index (χ3n) is 17.0. The Hall–Kier alpha value is 1.20. The molecule has 0 aromatic rings. The van der Waals surface area contributed by atoms with Gasteiger partial charge in [0, 0.05) is 5.57 Å². The van der Waals surface area contributed by atoms with E-state index in [0.29, 0.717) is 29.2 Å². The summed E-state index contributed by atoms with van der Waals surface area (Å²) in [4.78, 5) is 0. The van der Waals surface area contributed by atoms with E-state index in [1.54, 1.807) is 5.57 Å². The monoisotopic (exact) mass is 881 g/mol. The van der Waals surface area contributed by atoms with Crippen molar-refractivity contribution in [2.75, 3.05) is 0 Å². The van der Waals surface area contributed by atoms with Gasteiger partial charge in [-0.25, -0.2) is 0 Å². The summed E-state index contributed by atoms with van der Waals surface area (Å²) in [6, 6.07) is 0. The van der Waals surface area contributed by atoms with Gasteiger partial charge in [0.05, 0.1) is 0 Å². The van der Waals surface area contributed by atoms with E-state index < -0.39 is 22.2 Å². The number of rotatable bonds is 2. The molecule has 0 nitrogen and oxygen atoms in total. The zero-order valence-electron chi connectivity index (χ0n) is 38.6. The maximum atomic E-state index is 14.2. The van der Waals surface area contributed by atoms with Crippen LogP contribution in [0.4, 0.5) is 8.78 Å². The topological polar surface area (TPSA) is 0 Å². The van der Waals surface area contributed by atoms with Crippen molar-refractivity contribution in [1.29, 1.82) is 0 Å². The predicted molar refractivity (Wildman–Crippen MR) is 244 cm³/mol. The normalized spacial score (nSPS) is 39.4. The van der Waals surface area contributed by atoms with Gasteiger partial charge in [0.1, 0.15) is 0 Å².